The lowest BCUT2D eigenvalue weighted by atomic mass is 10.1. The minimum atomic E-state index is -2.62. The Balaban J connectivity index is 1.97. The molecule has 0 aromatic rings. The summed E-state index contributed by atoms with van der Waals surface area (Å²) in [6.45, 7) is 9.77. The molecule has 3 unspecified atom stereocenters. The van der Waals surface area contributed by atoms with E-state index < -0.39 is 8.80 Å². The van der Waals surface area contributed by atoms with Gasteiger partial charge in [0, 0.05) is 25.4 Å². The van der Waals surface area contributed by atoms with Gasteiger partial charge in [0.1, 0.15) is 0 Å². The van der Waals surface area contributed by atoms with Gasteiger partial charge in [-0.2, -0.15) is 0 Å². The van der Waals surface area contributed by atoms with E-state index >= 15 is 0 Å². The zero-order valence-electron chi connectivity index (χ0n) is 13.6. The van der Waals surface area contributed by atoms with Crippen LogP contribution in [0.5, 0.6) is 0 Å². The average Bonchev–Trinajstić information content (AvgIpc) is 3.33. The maximum absolute atomic E-state index is 6.08. The van der Waals surface area contributed by atoms with Crippen molar-refractivity contribution in [2.75, 3.05) is 33.0 Å². The average molecular weight is 318 g/mol. The van der Waals surface area contributed by atoms with E-state index in [1.54, 1.807) is 0 Å². The minimum absolute atomic E-state index is 0.337. The van der Waals surface area contributed by atoms with Gasteiger partial charge in [0.15, 0.2) is 0 Å². The van der Waals surface area contributed by atoms with Crippen molar-refractivity contribution in [2.45, 2.75) is 64.2 Å². The zero-order valence-corrected chi connectivity index (χ0v) is 14.6. The van der Waals surface area contributed by atoms with Gasteiger partial charge in [0.25, 0.3) is 0 Å². The lowest BCUT2D eigenvalue weighted by Gasteiger charge is -2.35. The van der Waals surface area contributed by atoms with Gasteiger partial charge in [0.05, 0.1) is 25.4 Å². The van der Waals surface area contributed by atoms with E-state index in [1.165, 1.54) is 0 Å². The first-order valence-corrected chi connectivity index (χ1v) is 10.2. The third kappa shape index (κ3) is 5.62. The van der Waals surface area contributed by atoms with Crippen LogP contribution in [0.1, 0.15) is 46.5 Å². The van der Waals surface area contributed by atoms with Crippen molar-refractivity contribution in [1.82, 2.24) is 0 Å². The normalized spacial score (nSPS) is 25.9. The van der Waals surface area contributed by atoms with Gasteiger partial charge in [-0.05, 0) is 40.0 Å². The molecule has 2 saturated heterocycles. The molecule has 2 aliphatic rings. The number of hydrogen-bond acceptors (Lipinski definition) is 5. The predicted octanol–water partition coefficient (Wildman–Crippen LogP) is 2.76. The third-order valence-corrected chi connectivity index (χ3v) is 7.56. The summed E-state index contributed by atoms with van der Waals surface area (Å²) >= 11 is 0. The number of rotatable bonds is 13. The topological polar surface area (TPSA) is 52.8 Å². The molecule has 0 radical (unpaired) electrons. The quantitative estimate of drug-likeness (QED) is 0.386. The highest BCUT2D eigenvalue weighted by molar-refractivity contribution is 6.62. The Labute approximate surface area is 129 Å². The fraction of sp³-hybridized carbons (Fsp3) is 1.00. The summed E-state index contributed by atoms with van der Waals surface area (Å²) < 4.78 is 29.0. The highest BCUT2D eigenvalue weighted by atomic mass is 28.4. The number of ether oxygens (including phenoxy) is 2. The Morgan fingerprint density at radius 1 is 0.952 bits per heavy atom. The van der Waals surface area contributed by atoms with Crippen LogP contribution in [0.2, 0.25) is 5.54 Å². The van der Waals surface area contributed by atoms with E-state index in [0.29, 0.717) is 37.6 Å². The Morgan fingerprint density at radius 3 is 1.90 bits per heavy atom. The van der Waals surface area contributed by atoms with Crippen LogP contribution in [0.15, 0.2) is 0 Å². The molecule has 5 nitrogen and oxygen atoms in total. The Bertz CT molecular complexity index is 277. The van der Waals surface area contributed by atoms with Gasteiger partial charge in [-0.15, -0.1) is 0 Å². The molecule has 21 heavy (non-hydrogen) atoms. The summed E-state index contributed by atoms with van der Waals surface area (Å²) in [6.07, 6.45) is 5.22. The second-order valence-corrected chi connectivity index (χ2v) is 8.57. The fourth-order valence-electron chi connectivity index (χ4n) is 2.87. The molecule has 0 aliphatic carbocycles. The first kappa shape index (κ1) is 17.4. The second kappa shape index (κ2) is 8.60. The van der Waals surface area contributed by atoms with Crippen molar-refractivity contribution in [3.63, 3.8) is 0 Å². The summed E-state index contributed by atoms with van der Waals surface area (Å²) in [5, 5.41) is 0. The van der Waals surface area contributed by atoms with E-state index in [1.807, 2.05) is 20.8 Å². The summed E-state index contributed by atoms with van der Waals surface area (Å²) in [4.78, 5) is 0. The maximum Gasteiger partial charge on any atom is 0.504 e. The van der Waals surface area contributed by atoms with Crippen molar-refractivity contribution in [2.24, 2.45) is 0 Å². The minimum Gasteiger partial charge on any atom is -0.374 e. The van der Waals surface area contributed by atoms with Crippen molar-refractivity contribution >= 4 is 8.80 Å². The Morgan fingerprint density at radius 2 is 1.48 bits per heavy atom. The molecule has 0 aromatic carbocycles. The molecule has 0 aromatic heterocycles. The van der Waals surface area contributed by atoms with Crippen LogP contribution in [0.25, 0.3) is 0 Å². The second-order valence-electron chi connectivity index (χ2n) is 5.68. The lowest BCUT2D eigenvalue weighted by molar-refractivity contribution is 0.0572. The van der Waals surface area contributed by atoms with Crippen LogP contribution >= 0.6 is 0 Å². The van der Waals surface area contributed by atoms with Crippen molar-refractivity contribution in [3.05, 3.63) is 0 Å². The van der Waals surface area contributed by atoms with Crippen LogP contribution in [-0.2, 0) is 22.8 Å². The summed E-state index contributed by atoms with van der Waals surface area (Å²) in [6, 6.07) is 0. The molecule has 6 heteroatoms. The molecule has 2 rings (SSSR count). The Kier molecular flexibility index (Phi) is 7.11. The Hall–Kier alpha value is 0.0169. The summed E-state index contributed by atoms with van der Waals surface area (Å²) in [7, 11) is -2.62. The maximum atomic E-state index is 6.08. The van der Waals surface area contributed by atoms with Crippen molar-refractivity contribution < 1.29 is 22.8 Å². The predicted molar refractivity (Wildman–Crippen MR) is 82.3 cm³/mol. The molecule has 0 spiro atoms. The monoisotopic (exact) mass is 318 g/mol. The SMILES string of the molecule is CCO[Si](OCC)(OCC)C(CCCC1CO1)CC1CO1. The highest BCUT2D eigenvalue weighted by Crippen LogP contribution is 2.38. The third-order valence-electron chi connectivity index (χ3n) is 3.97. The molecule has 2 fully saturated rings. The van der Waals surface area contributed by atoms with Gasteiger partial charge < -0.3 is 22.8 Å². The van der Waals surface area contributed by atoms with Crippen LogP contribution in [-0.4, -0.2) is 54.0 Å². The molecule has 2 aliphatic heterocycles. The van der Waals surface area contributed by atoms with E-state index in [4.69, 9.17) is 22.8 Å². The largest absolute Gasteiger partial charge is 0.504 e. The van der Waals surface area contributed by atoms with Crippen molar-refractivity contribution in [3.8, 4) is 0 Å². The molecule has 2 heterocycles. The van der Waals surface area contributed by atoms with E-state index in [2.05, 4.69) is 0 Å². The molecule has 3 atom stereocenters. The smallest absolute Gasteiger partial charge is 0.374 e. The van der Waals surface area contributed by atoms with Crippen LogP contribution in [0.4, 0.5) is 0 Å². The number of hydrogen-bond donors (Lipinski definition) is 0. The van der Waals surface area contributed by atoms with Crippen LogP contribution in [0, 0.1) is 0 Å². The first-order valence-electron chi connectivity index (χ1n) is 8.39. The zero-order chi connectivity index (χ0) is 15.1. The molecular formula is C15H30O5Si. The summed E-state index contributed by atoms with van der Waals surface area (Å²) in [5.74, 6) is 0. The summed E-state index contributed by atoms with van der Waals surface area (Å²) in [5.41, 5.74) is 0.337. The van der Waals surface area contributed by atoms with Crippen LogP contribution in [0.3, 0.4) is 0 Å². The standard InChI is InChI=1S/C15H30O5Si/c1-4-18-21(19-5-2,20-6-3)15(10-14-12-17-14)9-7-8-13-11-16-13/h13-15H,4-12H2,1-3H3. The van der Waals surface area contributed by atoms with E-state index in [9.17, 15) is 0 Å². The number of epoxide rings is 2. The lowest BCUT2D eigenvalue weighted by Crippen LogP contribution is -2.50. The molecule has 0 amide bonds. The van der Waals surface area contributed by atoms with Gasteiger partial charge in [-0.25, -0.2) is 0 Å². The van der Waals surface area contributed by atoms with Crippen LogP contribution < -0.4 is 0 Å². The molecule has 0 saturated carbocycles. The fourth-order valence-corrected chi connectivity index (χ4v) is 6.14. The van der Waals surface area contributed by atoms with Gasteiger partial charge in [0.2, 0.25) is 0 Å². The van der Waals surface area contributed by atoms with Gasteiger partial charge >= 0.3 is 8.80 Å². The highest BCUT2D eigenvalue weighted by Gasteiger charge is 2.50. The molecular weight excluding hydrogens is 288 g/mol. The van der Waals surface area contributed by atoms with Crippen molar-refractivity contribution in [1.29, 1.82) is 0 Å². The first-order chi connectivity index (χ1) is 10.2. The van der Waals surface area contributed by atoms with E-state index in [0.717, 1.165) is 38.9 Å². The van der Waals surface area contributed by atoms with Gasteiger partial charge in [-0.3, -0.25) is 0 Å². The van der Waals surface area contributed by atoms with E-state index in [-0.39, 0.29) is 0 Å². The molecule has 0 bridgehead atoms. The molecule has 0 N–H and O–H groups in total. The molecule has 124 valence electrons. The van der Waals surface area contributed by atoms with Gasteiger partial charge in [-0.1, -0.05) is 6.42 Å².